The van der Waals surface area contributed by atoms with Gasteiger partial charge in [-0.25, -0.2) is 4.98 Å². The molecule has 3 heterocycles. The third-order valence-corrected chi connectivity index (χ3v) is 6.96. The molecule has 2 fully saturated rings. The van der Waals surface area contributed by atoms with Gasteiger partial charge >= 0.3 is 0 Å². The van der Waals surface area contributed by atoms with Gasteiger partial charge < -0.3 is 14.5 Å². The molecule has 4 rings (SSSR count). The molecule has 0 N–H and O–H groups in total. The second kappa shape index (κ2) is 8.27. The van der Waals surface area contributed by atoms with E-state index >= 15 is 0 Å². The van der Waals surface area contributed by atoms with Crippen molar-refractivity contribution >= 4 is 32.6 Å². The standard InChI is InChI=1S/C22H31N3O2S/c1-4-27-18-7-8-19-20(11-18)28-22(23-19)24-9-5-6-17(14-24)21(26)25-12-15(2)10-16(3)13-25/h7-8,11,15-17H,4-6,9-10,12-14H2,1-3H3/t15-,16+,17-/m0/s1. The number of rotatable bonds is 4. The Balaban J connectivity index is 1.47. The number of benzene rings is 1. The average Bonchev–Trinajstić information content (AvgIpc) is 3.10. The normalized spacial score (nSPS) is 25.9. The van der Waals surface area contributed by atoms with Gasteiger partial charge in [0.15, 0.2) is 5.13 Å². The Bertz CT molecular complexity index is 826. The Hall–Kier alpha value is -1.82. The predicted molar refractivity (Wildman–Crippen MR) is 115 cm³/mol. The quantitative estimate of drug-likeness (QED) is 0.761. The van der Waals surface area contributed by atoms with Crippen molar-refractivity contribution in [2.75, 3.05) is 37.7 Å². The maximum atomic E-state index is 13.2. The van der Waals surface area contributed by atoms with Crippen LogP contribution in [0.1, 0.15) is 40.0 Å². The van der Waals surface area contributed by atoms with Crippen molar-refractivity contribution in [2.45, 2.75) is 40.0 Å². The highest BCUT2D eigenvalue weighted by Gasteiger charge is 2.33. The van der Waals surface area contributed by atoms with E-state index in [9.17, 15) is 4.79 Å². The number of thiazole rings is 1. The molecule has 2 aliphatic heterocycles. The van der Waals surface area contributed by atoms with Crippen molar-refractivity contribution in [3.8, 4) is 5.75 Å². The van der Waals surface area contributed by atoms with Crippen LogP contribution in [0.3, 0.4) is 0 Å². The van der Waals surface area contributed by atoms with Crippen molar-refractivity contribution in [3.05, 3.63) is 18.2 Å². The van der Waals surface area contributed by atoms with Crippen molar-refractivity contribution in [2.24, 2.45) is 17.8 Å². The van der Waals surface area contributed by atoms with Gasteiger partial charge in [0.05, 0.1) is 22.7 Å². The zero-order chi connectivity index (χ0) is 19.7. The summed E-state index contributed by atoms with van der Waals surface area (Å²) in [6.07, 6.45) is 3.28. The number of ether oxygens (including phenoxy) is 1. The van der Waals surface area contributed by atoms with E-state index in [1.54, 1.807) is 11.3 Å². The second-order valence-electron chi connectivity index (χ2n) is 8.53. The molecule has 5 nitrogen and oxygen atoms in total. The number of fused-ring (bicyclic) bond motifs is 1. The third-order valence-electron chi connectivity index (χ3n) is 5.88. The number of hydrogen-bond donors (Lipinski definition) is 0. The number of anilines is 1. The van der Waals surface area contributed by atoms with Gasteiger partial charge in [-0.05, 0) is 56.2 Å². The molecule has 1 aromatic carbocycles. The van der Waals surface area contributed by atoms with Gasteiger partial charge in [0.25, 0.3) is 0 Å². The molecule has 2 aliphatic rings. The fourth-order valence-electron chi connectivity index (χ4n) is 4.74. The molecule has 1 aromatic heterocycles. The van der Waals surface area contributed by atoms with Gasteiger partial charge in [0.1, 0.15) is 5.75 Å². The number of likely N-dealkylation sites (tertiary alicyclic amines) is 1. The average molecular weight is 402 g/mol. The summed E-state index contributed by atoms with van der Waals surface area (Å²) in [7, 11) is 0. The van der Waals surface area contributed by atoms with E-state index in [-0.39, 0.29) is 5.92 Å². The van der Waals surface area contributed by atoms with E-state index in [0.29, 0.717) is 24.3 Å². The van der Waals surface area contributed by atoms with E-state index in [2.05, 4.69) is 29.7 Å². The number of amides is 1. The lowest BCUT2D eigenvalue weighted by atomic mass is 9.89. The van der Waals surface area contributed by atoms with Crippen LogP contribution in [0.5, 0.6) is 5.75 Å². The zero-order valence-electron chi connectivity index (χ0n) is 17.2. The molecule has 0 unspecified atom stereocenters. The fourth-order valence-corrected chi connectivity index (χ4v) is 5.77. The summed E-state index contributed by atoms with van der Waals surface area (Å²) >= 11 is 1.70. The molecule has 0 saturated carbocycles. The number of hydrogen-bond acceptors (Lipinski definition) is 5. The topological polar surface area (TPSA) is 45.7 Å². The maximum absolute atomic E-state index is 13.2. The van der Waals surface area contributed by atoms with Crippen molar-refractivity contribution in [1.29, 1.82) is 0 Å². The summed E-state index contributed by atoms with van der Waals surface area (Å²) in [5, 5.41) is 1.03. The summed E-state index contributed by atoms with van der Waals surface area (Å²) in [6, 6.07) is 6.09. The van der Waals surface area contributed by atoms with Crippen LogP contribution < -0.4 is 9.64 Å². The van der Waals surface area contributed by atoms with Gasteiger partial charge in [0.2, 0.25) is 5.91 Å². The summed E-state index contributed by atoms with van der Waals surface area (Å²) in [5.41, 5.74) is 1.01. The molecule has 0 aliphatic carbocycles. The summed E-state index contributed by atoms with van der Waals surface area (Å²) in [4.78, 5) is 22.4. The van der Waals surface area contributed by atoms with E-state index in [4.69, 9.17) is 9.72 Å². The van der Waals surface area contributed by atoms with Crippen LogP contribution in [-0.4, -0.2) is 48.6 Å². The first kappa shape index (κ1) is 19.5. The van der Waals surface area contributed by atoms with Crippen LogP contribution >= 0.6 is 11.3 Å². The van der Waals surface area contributed by atoms with Gasteiger partial charge in [-0.3, -0.25) is 4.79 Å². The lowest BCUT2D eigenvalue weighted by Crippen LogP contribution is -2.49. The highest BCUT2D eigenvalue weighted by atomic mass is 32.1. The van der Waals surface area contributed by atoms with Crippen LogP contribution in [0.15, 0.2) is 18.2 Å². The summed E-state index contributed by atoms with van der Waals surface area (Å²) in [5.74, 6) is 2.55. The first-order chi connectivity index (χ1) is 13.5. The molecule has 6 heteroatoms. The number of nitrogens with zero attached hydrogens (tertiary/aromatic N) is 3. The maximum Gasteiger partial charge on any atom is 0.227 e. The summed E-state index contributed by atoms with van der Waals surface area (Å²) < 4.78 is 6.76. The molecule has 3 atom stereocenters. The van der Waals surface area contributed by atoms with Crippen molar-refractivity contribution in [1.82, 2.24) is 9.88 Å². The van der Waals surface area contributed by atoms with E-state index < -0.39 is 0 Å². The van der Waals surface area contributed by atoms with Crippen LogP contribution in [0, 0.1) is 17.8 Å². The van der Waals surface area contributed by atoms with E-state index in [0.717, 1.165) is 60.1 Å². The van der Waals surface area contributed by atoms with E-state index in [1.165, 1.54) is 6.42 Å². The van der Waals surface area contributed by atoms with Gasteiger partial charge in [-0.1, -0.05) is 25.2 Å². The lowest BCUT2D eigenvalue weighted by molar-refractivity contribution is -0.138. The molecule has 0 bridgehead atoms. The van der Waals surface area contributed by atoms with Gasteiger partial charge in [0, 0.05) is 26.2 Å². The first-order valence-corrected chi connectivity index (χ1v) is 11.4. The SMILES string of the molecule is CCOc1ccc2nc(N3CCC[C@H](C(=O)N4C[C@H](C)C[C@H](C)C4)C3)sc2c1. The van der Waals surface area contributed by atoms with Crippen LogP contribution in [0.2, 0.25) is 0 Å². The molecular formula is C22H31N3O2S. The highest BCUT2D eigenvalue weighted by Crippen LogP contribution is 2.34. The van der Waals surface area contributed by atoms with Crippen LogP contribution in [0.4, 0.5) is 5.13 Å². The van der Waals surface area contributed by atoms with Crippen LogP contribution in [-0.2, 0) is 4.79 Å². The third kappa shape index (κ3) is 4.12. The number of carbonyl (C=O) groups is 1. The number of carbonyl (C=O) groups excluding carboxylic acids is 1. The number of piperidine rings is 2. The van der Waals surface area contributed by atoms with Gasteiger partial charge in [-0.15, -0.1) is 0 Å². The fraction of sp³-hybridized carbons (Fsp3) is 0.636. The monoisotopic (exact) mass is 401 g/mol. The Kier molecular flexibility index (Phi) is 5.76. The molecule has 2 saturated heterocycles. The second-order valence-corrected chi connectivity index (χ2v) is 9.54. The Morgan fingerprint density at radius 1 is 1.25 bits per heavy atom. The van der Waals surface area contributed by atoms with E-state index in [1.807, 2.05) is 19.1 Å². The van der Waals surface area contributed by atoms with Crippen molar-refractivity contribution in [3.63, 3.8) is 0 Å². The predicted octanol–water partition coefficient (Wildman–Crippen LogP) is 4.42. The first-order valence-electron chi connectivity index (χ1n) is 10.6. The smallest absolute Gasteiger partial charge is 0.227 e. The molecule has 152 valence electrons. The van der Waals surface area contributed by atoms with Crippen LogP contribution in [0.25, 0.3) is 10.2 Å². The number of aromatic nitrogens is 1. The van der Waals surface area contributed by atoms with Crippen molar-refractivity contribution < 1.29 is 9.53 Å². The largest absolute Gasteiger partial charge is 0.494 e. The van der Waals surface area contributed by atoms with Gasteiger partial charge in [-0.2, -0.15) is 0 Å². The molecular weight excluding hydrogens is 370 g/mol. The minimum atomic E-state index is 0.0947. The molecule has 28 heavy (non-hydrogen) atoms. The Morgan fingerprint density at radius 3 is 2.79 bits per heavy atom. The molecule has 0 spiro atoms. The minimum Gasteiger partial charge on any atom is -0.494 e. The molecule has 2 aromatic rings. The zero-order valence-corrected chi connectivity index (χ0v) is 18.0. The molecule has 0 radical (unpaired) electrons. The highest BCUT2D eigenvalue weighted by molar-refractivity contribution is 7.22. The lowest BCUT2D eigenvalue weighted by Gasteiger charge is -2.39. The minimum absolute atomic E-state index is 0.0947. The Morgan fingerprint density at radius 2 is 2.04 bits per heavy atom. The Labute approximate surface area is 171 Å². The summed E-state index contributed by atoms with van der Waals surface area (Å²) in [6.45, 7) is 10.8. The molecule has 1 amide bonds.